The first-order chi connectivity index (χ1) is 19.4. The number of aromatic nitrogens is 3. The maximum Gasteiger partial charge on any atom is 0.412 e. The summed E-state index contributed by atoms with van der Waals surface area (Å²) >= 11 is 0. The van der Waals surface area contributed by atoms with Crippen LogP contribution in [0, 0.1) is 0 Å². The number of methoxy groups -OCH3 is 1. The van der Waals surface area contributed by atoms with Crippen molar-refractivity contribution in [2.75, 3.05) is 30.4 Å². The summed E-state index contributed by atoms with van der Waals surface area (Å²) in [5.41, 5.74) is 0.694. The fourth-order valence-electron chi connectivity index (χ4n) is 3.16. The van der Waals surface area contributed by atoms with Gasteiger partial charge < -0.3 is 18.9 Å². The maximum absolute atomic E-state index is 12.8. The van der Waals surface area contributed by atoms with Crippen LogP contribution in [0.5, 0.6) is 23.1 Å². The van der Waals surface area contributed by atoms with Gasteiger partial charge in [-0.1, -0.05) is 42.5 Å². The van der Waals surface area contributed by atoms with Crippen LogP contribution in [0.2, 0.25) is 0 Å². The predicted octanol–water partition coefficient (Wildman–Crippen LogP) is 4.71. The Bertz CT molecular complexity index is 1550. The first-order valence-corrected chi connectivity index (χ1v) is 13.4. The molecule has 13 heteroatoms. The first kappa shape index (κ1) is 27.9. The highest BCUT2D eigenvalue weighted by atomic mass is 32.2. The molecule has 0 aliphatic carbocycles. The van der Waals surface area contributed by atoms with Crippen molar-refractivity contribution in [2.24, 2.45) is 0 Å². The molecule has 0 aliphatic rings. The standard InChI is InChI=1S/C27H25N5O7S/c1-36-21-10-7-11-22(18-21)39-24-25(32-40(34,35)17-13-20-8-3-2-4-9-20)29-19-30-26(24)37-15-16-38-27(33)31-23-12-5-6-14-28-23/h2-14,17-19H,15-16H2,1H3,(H,28,31,33)(H,29,30,32). The van der Waals surface area contributed by atoms with E-state index in [-0.39, 0.29) is 30.7 Å². The molecule has 2 heterocycles. The third kappa shape index (κ3) is 8.43. The average molecular weight is 564 g/mol. The lowest BCUT2D eigenvalue weighted by Gasteiger charge is -2.15. The smallest absolute Gasteiger partial charge is 0.412 e. The van der Waals surface area contributed by atoms with Crippen molar-refractivity contribution in [3.63, 3.8) is 0 Å². The number of hydrogen-bond donors (Lipinski definition) is 2. The number of anilines is 2. The Morgan fingerprint density at radius 1 is 0.925 bits per heavy atom. The molecule has 0 fully saturated rings. The van der Waals surface area contributed by atoms with Crippen molar-refractivity contribution < 1.29 is 32.2 Å². The minimum Gasteiger partial charge on any atom is -0.497 e. The molecule has 4 rings (SSSR count). The molecule has 206 valence electrons. The van der Waals surface area contributed by atoms with Crippen molar-refractivity contribution in [1.82, 2.24) is 15.0 Å². The predicted molar refractivity (Wildman–Crippen MR) is 148 cm³/mol. The monoisotopic (exact) mass is 563 g/mol. The minimum atomic E-state index is -4.01. The van der Waals surface area contributed by atoms with Gasteiger partial charge in [0.15, 0.2) is 5.82 Å². The van der Waals surface area contributed by atoms with Gasteiger partial charge in [0.25, 0.3) is 15.9 Å². The maximum atomic E-state index is 12.8. The molecule has 0 radical (unpaired) electrons. The summed E-state index contributed by atoms with van der Waals surface area (Å²) in [7, 11) is -2.51. The number of hydrogen-bond acceptors (Lipinski definition) is 10. The van der Waals surface area contributed by atoms with Gasteiger partial charge in [0.2, 0.25) is 5.75 Å². The van der Waals surface area contributed by atoms with E-state index in [4.69, 9.17) is 18.9 Å². The SMILES string of the molecule is COc1cccc(Oc2c(NS(=O)(=O)C=Cc3ccccc3)ncnc2OCCOC(=O)Nc2ccccn2)c1. The molecule has 1 amide bonds. The van der Waals surface area contributed by atoms with E-state index < -0.39 is 16.1 Å². The molecule has 40 heavy (non-hydrogen) atoms. The Kier molecular flexibility index (Phi) is 9.45. The second-order valence-corrected chi connectivity index (χ2v) is 9.39. The molecule has 2 aromatic carbocycles. The average Bonchev–Trinajstić information content (AvgIpc) is 2.97. The van der Waals surface area contributed by atoms with Crippen LogP contribution in [-0.4, -0.2) is 49.8 Å². The van der Waals surface area contributed by atoms with Gasteiger partial charge in [-0.05, 0) is 35.9 Å². The van der Waals surface area contributed by atoms with E-state index in [1.54, 1.807) is 66.7 Å². The number of sulfonamides is 1. The van der Waals surface area contributed by atoms with Crippen LogP contribution in [0.4, 0.5) is 16.4 Å². The lowest BCUT2D eigenvalue weighted by Crippen LogP contribution is -2.18. The summed E-state index contributed by atoms with van der Waals surface area (Å²) < 4.78 is 50.0. The lowest BCUT2D eigenvalue weighted by atomic mass is 10.2. The van der Waals surface area contributed by atoms with E-state index in [0.29, 0.717) is 22.9 Å². The van der Waals surface area contributed by atoms with Gasteiger partial charge in [-0.25, -0.2) is 23.2 Å². The molecule has 0 saturated heterocycles. The fraction of sp³-hybridized carbons (Fsp3) is 0.111. The number of carbonyl (C=O) groups excluding carboxylic acids is 1. The van der Waals surface area contributed by atoms with Crippen LogP contribution < -0.4 is 24.2 Å². The van der Waals surface area contributed by atoms with Gasteiger partial charge in [-0.3, -0.25) is 10.0 Å². The summed E-state index contributed by atoms with van der Waals surface area (Å²) in [4.78, 5) is 24.1. The number of nitrogens with one attached hydrogen (secondary N) is 2. The van der Waals surface area contributed by atoms with E-state index in [1.807, 2.05) is 6.07 Å². The highest BCUT2D eigenvalue weighted by Crippen LogP contribution is 2.37. The summed E-state index contributed by atoms with van der Waals surface area (Å²) in [6.07, 6.45) is 3.36. The largest absolute Gasteiger partial charge is 0.497 e. The highest BCUT2D eigenvalue weighted by Gasteiger charge is 2.20. The van der Waals surface area contributed by atoms with E-state index in [9.17, 15) is 13.2 Å². The van der Waals surface area contributed by atoms with Crippen LogP contribution in [0.3, 0.4) is 0 Å². The Hall–Kier alpha value is -5.17. The van der Waals surface area contributed by atoms with E-state index in [2.05, 4.69) is 25.0 Å². The Balaban J connectivity index is 1.49. The molecule has 0 atom stereocenters. The summed E-state index contributed by atoms with van der Waals surface area (Å²) in [5.74, 6) is 0.791. The van der Waals surface area contributed by atoms with Crippen molar-refractivity contribution in [3.05, 3.63) is 96.3 Å². The van der Waals surface area contributed by atoms with E-state index in [1.165, 1.54) is 19.4 Å². The molecule has 0 unspecified atom stereocenters. The third-order valence-electron chi connectivity index (χ3n) is 4.96. The third-order valence-corrected chi connectivity index (χ3v) is 5.93. The zero-order valence-corrected chi connectivity index (χ0v) is 22.1. The van der Waals surface area contributed by atoms with Gasteiger partial charge in [0.1, 0.15) is 36.9 Å². The van der Waals surface area contributed by atoms with Crippen molar-refractivity contribution in [3.8, 4) is 23.1 Å². The van der Waals surface area contributed by atoms with Crippen LogP contribution in [-0.2, 0) is 14.8 Å². The number of amides is 1. The molecule has 2 N–H and O–H groups in total. The Morgan fingerprint density at radius 3 is 2.50 bits per heavy atom. The molecule has 4 aromatic rings. The van der Waals surface area contributed by atoms with Gasteiger partial charge >= 0.3 is 6.09 Å². The number of nitrogens with zero attached hydrogens (tertiary/aromatic N) is 3. The summed E-state index contributed by atoms with van der Waals surface area (Å²) in [5, 5.41) is 3.49. The highest BCUT2D eigenvalue weighted by molar-refractivity contribution is 7.95. The zero-order valence-electron chi connectivity index (χ0n) is 21.3. The molecular formula is C27H25N5O7S. The topological polar surface area (TPSA) is 151 Å². The minimum absolute atomic E-state index is 0.0868. The molecular weight excluding hydrogens is 538 g/mol. The Morgan fingerprint density at radius 2 is 1.73 bits per heavy atom. The van der Waals surface area contributed by atoms with E-state index >= 15 is 0 Å². The van der Waals surface area contributed by atoms with Crippen molar-refractivity contribution in [1.29, 1.82) is 0 Å². The van der Waals surface area contributed by atoms with E-state index in [0.717, 1.165) is 11.7 Å². The fourth-order valence-corrected chi connectivity index (χ4v) is 3.98. The molecule has 0 aliphatic heterocycles. The van der Waals surface area contributed by atoms with Crippen molar-refractivity contribution in [2.45, 2.75) is 0 Å². The van der Waals surface area contributed by atoms with Gasteiger partial charge in [-0.15, -0.1) is 0 Å². The van der Waals surface area contributed by atoms with Gasteiger partial charge in [0, 0.05) is 12.3 Å². The molecule has 0 bridgehead atoms. The first-order valence-electron chi connectivity index (χ1n) is 11.8. The lowest BCUT2D eigenvalue weighted by molar-refractivity contribution is 0.135. The summed E-state index contributed by atoms with van der Waals surface area (Å²) in [6.45, 7) is -0.274. The quantitative estimate of drug-likeness (QED) is 0.232. The number of pyridine rings is 1. The van der Waals surface area contributed by atoms with Crippen LogP contribution in [0.1, 0.15) is 5.56 Å². The zero-order chi connectivity index (χ0) is 28.2. The van der Waals surface area contributed by atoms with Gasteiger partial charge in [-0.2, -0.15) is 4.98 Å². The normalized spacial score (nSPS) is 11.0. The molecule has 12 nitrogen and oxygen atoms in total. The number of carbonyl (C=O) groups is 1. The molecule has 0 spiro atoms. The van der Waals surface area contributed by atoms with Gasteiger partial charge in [0.05, 0.1) is 12.5 Å². The Labute approximate surface area is 230 Å². The van der Waals surface area contributed by atoms with Crippen LogP contribution in [0.25, 0.3) is 6.08 Å². The second-order valence-electron chi connectivity index (χ2n) is 7.82. The summed E-state index contributed by atoms with van der Waals surface area (Å²) in [6, 6.07) is 20.6. The second kappa shape index (κ2) is 13.6. The molecule has 2 aromatic heterocycles. The molecule has 0 saturated carbocycles. The number of rotatable bonds is 12. The van der Waals surface area contributed by atoms with Crippen LogP contribution >= 0.6 is 0 Å². The number of benzene rings is 2. The van der Waals surface area contributed by atoms with Crippen LogP contribution in [0.15, 0.2) is 90.7 Å². The van der Waals surface area contributed by atoms with Crippen molar-refractivity contribution >= 4 is 33.8 Å². The number of ether oxygens (including phenoxy) is 4.